The van der Waals surface area contributed by atoms with E-state index in [-0.39, 0.29) is 12.1 Å². The summed E-state index contributed by atoms with van der Waals surface area (Å²) in [6.07, 6.45) is 4.55. The van der Waals surface area contributed by atoms with Gasteiger partial charge in [0.2, 0.25) is 0 Å². The molecule has 1 aliphatic rings. The Balaban J connectivity index is 2.00. The molecule has 1 aromatic rings. The molecule has 0 aliphatic heterocycles. The van der Waals surface area contributed by atoms with Crippen LogP contribution in [0.4, 0.5) is 0 Å². The van der Waals surface area contributed by atoms with E-state index in [9.17, 15) is 5.11 Å². The van der Waals surface area contributed by atoms with Crippen molar-refractivity contribution in [3.63, 3.8) is 0 Å². The van der Waals surface area contributed by atoms with E-state index in [1.165, 1.54) is 12.8 Å². The van der Waals surface area contributed by atoms with E-state index in [0.717, 1.165) is 24.5 Å². The summed E-state index contributed by atoms with van der Waals surface area (Å²) in [5.41, 5.74) is -0.127. The van der Waals surface area contributed by atoms with Crippen LogP contribution in [0.3, 0.4) is 0 Å². The number of aliphatic hydroxyl groups excluding tert-OH is 1. The molecule has 2 N–H and O–H groups in total. The van der Waals surface area contributed by atoms with E-state index in [0.29, 0.717) is 12.5 Å². The van der Waals surface area contributed by atoms with E-state index < -0.39 is 0 Å². The number of nitrogens with zero attached hydrogens (tertiary/aromatic N) is 3. The zero-order chi connectivity index (χ0) is 13.2. The largest absolute Gasteiger partial charge is 0.394 e. The lowest BCUT2D eigenvalue weighted by Crippen LogP contribution is -2.51. The molecule has 0 amide bonds. The molecule has 0 aromatic carbocycles. The smallest absolute Gasteiger partial charge is 0.146 e. The number of aromatic nitrogens is 3. The van der Waals surface area contributed by atoms with Crippen LogP contribution in [0, 0.1) is 12.8 Å². The third-order valence-electron chi connectivity index (χ3n) is 4.20. The van der Waals surface area contributed by atoms with Crippen molar-refractivity contribution in [1.82, 2.24) is 20.1 Å². The van der Waals surface area contributed by atoms with Crippen LogP contribution in [0.15, 0.2) is 0 Å². The van der Waals surface area contributed by atoms with Crippen LogP contribution in [0.25, 0.3) is 0 Å². The Hall–Kier alpha value is -0.940. The Labute approximate surface area is 109 Å². The fraction of sp³-hybridized carbons (Fsp3) is 0.846. The van der Waals surface area contributed by atoms with Gasteiger partial charge in [0.05, 0.1) is 13.2 Å². The fourth-order valence-corrected chi connectivity index (χ4v) is 2.89. The Morgan fingerprint density at radius 2 is 2.28 bits per heavy atom. The van der Waals surface area contributed by atoms with Crippen molar-refractivity contribution in [2.75, 3.05) is 6.61 Å². The van der Waals surface area contributed by atoms with Crippen LogP contribution >= 0.6 is 0 Å². The Morgan fingerprint density at radius 1 is 1.50 bits per heavy atom. The van der Waals surface area contributed by atoms with Crippen molar-refractivity contribution in [3.8, 4) is 0 Å². The first kappa shape index (κ1) is 13.5. The highest BCUT2D eigenvalue weighted by Crippen LogP contribution is 2.32. The average molecular weight is 252 g/mol. The molecule has 0 bridgehead atoms. The minimum Gasteiger partial charge on any atom is -0.394 e. The van der Waals surface area contributed by atoms with Gasteiger partial charge in [0.1, 0.15) is 11.6 Å². The second-order valence-corrected chi connectivity index (χ2v) is 5.72. The van der Waals surface area contributed by atoms with Crippen LogP contribution < -0.4 is 5.32 Å². The zero-order valence-corrected chi connectivity index (χ0v) is 11.6. The van der Waals surface area contributed by atoms with Crippen molar-refractivity contribution in [3.05, 3.63) is 11.6 Å². The standard InChI is InChI=1S/C13H24N4O/c1-10-5-4-6-13(7-10,9-18)14-8-12-16-15-11(2)17(12)3/h10,14,18H,4-9H2,1-3H3. The molecular formula is C13H24N4O. The highest BCUT2D eigenvalue weighted by Gasteiger charge is 2.34. The topological polar surface area (TPSA) is 63.0 Å². The molecule has 0 saturated heterocycles. The van der Waals surface area contributed by atoms with Crippen molar-refractivity contribution < 1.29 is 5.11 Å². The van der Waals surface area contributed by atoms with Gasteiger partial charge in [-0.1, -0.05) is 19.8 Å². The first-order chi connectivity index (χ1) is 8.56. The second kappa shape index (κ2) is 5.36. The highest BCUT2D eigenvalue weighted by molar-refractivity contribution is 4.97. The molecule has 2 unspecified atom stereocenters. The predicted octanol–water partition coefficient (Wildman–Crippen LogP) is 1.15. The molecule has 5 heteroatoms. The summed E-state index contributed by atoms with van der Waals surface area (Å²) in [6, 6.07) is 0. The van der Waals surface area contributed by atoms with Crippen molar-refractivity contribution in [1.29, 1.82) is 0 Å². The minimum absolute atomic E-state index is 0.127. The summed E-state index contributed by atoms with van der Waals surface area (Å²) in [6.45, 7) is 5.08. The van der Waals surface area contributed by atoms with Gasteiger partial charge in [-0.2, -0.15) is 0 Å². The Kier molecular flexibility index (Phi) is 4.02. The van der Waals surface area contributed by atoms with Gasteiger partial charge in [0.25, 0.3) is 0 Å². The molecule has 0 radical (unpaired) electrons. The molecule has 2 atom stereocenters. The number of aliphatic hydroxyl groups is 1. The molecular weight excluding hydrogens is 228 g/mol. The lowest BCUT2D eigenvalue weighted by atomic mass is 9.77. The SMILES string of the molecule is Cc1nnc(CNC2(CO)CCCC(C)C2)n1C. The monoisotopic (exact) mass is 252 g/mol. The van der Waals surface area contributed by atoms with Gasteiger partial charge in [-0.15, -0.1) is 10.2 Å². The first-order valence-corrected chi connectivity index (χ1v) is 6.77. The maximum atomic E-state index is 9.71. The lowest BCUT2D eigenvalue weighted by Gasteiger charge is -2.39. The van der Waals surface area contributed by atoms with Crippen LogP contribution in [-0.4, -0.2) is 32.0 Å². The number of hydrogen-bond acceptors (Lipinski definition) is 4. The van der Waals surface area contributed by atoms with Gasteiger partial charge in [-0.05, 0) is 25.7 Å². The van der Waals surface area contributed by atoms with Crippen LogP contribution in [0.1, 0.15) is 44.3 Å². The molecule has 1 fully saturated rings. The molecule has 1 aliphatic carbocycles. The second-order valence-electron chi connectivity index (χ2n) is 5.72. The van der Waals surface area contributed by atoms with Crippen LogP contribution in [0.5, 0.6) is 0 Å². The van der Waals surface area contributed by atoms with Gasteiger partial charge in [-0.3, -0.25) is 0 Å². The molecule has 1 heterocycles. The summed E-state index contributed by atoms with van der Waals surface area (Å²) < 4.78 is 1.99. The van der Waals surface area contributed by atoms with Gasteiger partial charge < -0.3 is 15.0 Å². The number of rotatable bonds is 4. The first-order valence-electron chi connectivity index (χ1n) is 6.77. The normalized spacial score (nSPS) is 28.6. The van der Waals surface area contributed by atoms with Crippen LogP contribution in [-0.2, 0) is 13.6 Å². The summed E-state index contributed by atoms with van der Waals surface area (Å²) >= 11 is 0. The molecule has 1 aromatic heterocycles. The molecule has 5 nitrogen and oxygen atoms in total. The maximum Gasteiger partial charge on any atom is 0.146 e. The zero-order valence-electron chi connectivity index (χ0n) is 11.6. The summed E-state index contributed by atoms with van der Waals surface area (Å²) in [5.74, 6) is 2.53. The number of nitrogens with one attached hydrogen (secondary N) is 1. The number of hydrogen-bond donors (Lipinski definition) is 2. The van der Waals surface area contributed by atoms with Crippen molar-refractivity contribution in [2.24, 2.45) is 13.0 Å². The van der Waals surface area contributed by atoms with E-state index in [1.54, 1.807) is 0 Å². The minimum atomic E-state index is -0.127. The quantitative estimate of drug-likeness (QED) is 0.844. The molecule has 1 saturated carbocycles. The van der Waals surface area contributed by atoms with Crippen LogP contribution in [0.2, 0.25) is 0 Å². The van der Waals surface area contributed by atoms with Gasteiger partial charge >= 0.3 is 0 Å². The summed E-state index contributed by atoms with van der Waals surface area (Å²) in [5, 5.41) is 21.4. The fourth-order valence-electron chi connectivity index (χ4n) is 2.89. The van der Waals surface area contributed by atoms with E-state index >= 15 is 0 Å². The van der Waals surface area contributed by atoms with Crippen molar-refractivity contribution >= 4 is 0 Å². The van der Waals surface area contributed by atoms with E-state index in [4.69, 9.17) is 0 Å². The number of aryl methyl sites for hydroxylation is 1. The summed E-state index contributed by atoms with van der Waals surface area (Å²) in [4.78, 5) is 0. The average Bonchev–Trinajstić information content (AvgIpc) is 2.68. The third kappa shape index (κ3) is 2.72. The lowest BCUT2D eigenvalue weighted by molar-refractivity contribution is 0.0973. The molecule has 102 valence electrons. The Bertz CT molecular complexity index is 404. The third-order valence-corrected chi connectivity index (χ3v) is 4.20. The molecule has 18 heavy (non-hydrogen) atoms. The predicted molar refractivity (Wildman–Crippen MR) is 70.0 cm³/mol. The van der Waals surface area contributed by atoms with Gasteiger partial charge in [0.15, 0.2) is 0 Å². The van der Waals surface area contributed by atoms with Crippen molar-refractivity contribution in [2.45, 2.75) is 51.6 Å². The van der Waals surface area contributed by atoms with E-state index in [2.05, 4.69) is 22.4 Å². The Morgan fingerprint density at radius 3 is 2.83 bits per heavy atom. The summed E-state index contributed by atoms with van der Waals surface area (Å²) in [7, 11) is 1.97. The van der Waals surface area contributed by atoms with E-state index in [1.807, 2.05) is 18.5 Å². The maximum absolute atomic E-state index is 9.71. The van der Waals surface area contributed by atoms with Gasteiger partial charge in [-0.25, -0.2) is 0 Å². The molecule has 2 rings (SSSR count). The molecule has 0 spiro atoms. The van der Waals surface area contributed by atoms with Gasteiger partial charge in [0, 0.05) is 12.6 Å². The highest BCUT2D eigenvalue weighted by atomic mass is 16.3.